The van der Waals surface area contributed by atoms with Gasteiger partial charge in [-0.15, -0.1) is 0 Å². The van der Waals surface area contributed by atoms with Crippen LogP contribution in [0.3, 0.4) is 0 Å². The molecule has 0 radical (unpaired) electrons. The van der Waals surface area contributed by atoms with Crippen molar-refractivity contribution in [3.8, 4) is 11.6 Å². The highest BCUT2D eigenvalue weighted by atomic mass is 32.2. The third kappa shape index (κ3) is 4.18. The Morgan fingerprint density at radius 2 is 1.88 bits per heavy atom. The summed E-state index contributed by atoms with van der Waals surface area (Å²) < 4.78 is 5.34. The number of para-hydroxylation sites is 1. The van der Waals surface area contributed by atoms with E-state index in [1.165, 1.54) is 24.9 Å². The molecule has 0 fully saturated rings. The second kappa shape index (κ2) is 7.97. The molecule has 2 aromatic heterocycles. The molecule has 0 aliphatic heterocycles. The number of aryl methyl sites for hydroxylation is 1. The summed E-state index contributed by atoms with van der Waals surface area (Å²) >= 11 is 1.20. The molecule has 0 saturated carbocycles. The predicted molar refractivity (Wildman–Crippen MR) is 100 cm³/mol. The van der Waals surface area contributed by atoms with Gasteiger partial charge in [0.1, 0.15) is 5.03 Å². The van der Waals surface area contributed by atoms with Gasteiger partial charge in [-0.25, -0.2) is 9.97 Å². The van der Waals surface area contributed by atoms with Gasteiger partial charge >= 0.3 is 0 Å². The summed E-state index contributed by atoms with van der Waals surface area (Å²) in [6.07, 6.45) is 1.53. The summed E-state index contributed by atoms with van der Waals surface area (Å²) in [4.78, 5) is 33.0. The summed E-state index contributed by atoms with van der Waals surface area (Å²) in [5.74, 6) is 0.719. The molecule has 3 rings (SSSR count). The Hall–Kier alpha value is -2.93. The summed E-state index contributed by atoms with van der Waals surface area (Å²) in [6, 6.07) is 12.7. The van der Waals surface area contributed by atoms with Crippen LogP contribution in [0.25, 0.3) is 11.6 Å². The van der Waals surface area contributed by atoms with Gasteiger partial charge in [0, 0.05) is 5.69 Å². The maximum atomic E-state index is 12.2. The largest absolute Gasteiger partial charge is 0.461 e. The van der Waals surface area contributed by atoms with Crippen molar-refractivity contribution in [3.63, 3.8) is 0 Å². The first kappa shape index (κ1) is 17.9. The number of hydrogen-bond acceptors (Lipinski definition) is 6. The van der Waals surface area contributed by atoms with E-state index in [9.17, 15) is 9.59 Å². The van der Waals surface area contributed by atoms with Crippen LogP contribution in [0.2, 0.25) is 0 Å². The number of furan rings is 1. The minimum atomic E-state index is -0.175. The molecule has 1 aromatic carbocycles. The van der Waals surface area contributed by atoms with Crippen LogP contribution >= 0.6 is 11.8 Å². The fraction of sp³-hybridized carbons (Fsp3) is 0.158. The van der Waals surface area contributed by atoms with Crippen LogP contribution in [0.4, 0.5) is 5.69 Å². The highest BCUT2D eigenvalue weighted by Gasteiger charge is 2.19. The molecular weight excluding hydrogens is 350 g/mol. The third-order valence-corrected chi connectivity index (χ3v) is 4.52. The van der Waals surface area contributed by atoms with E-state index in [0.717, 1.165) is 5.69 Å². The van der Waals surface area contributed by atoms with Crippen molar-refractivity contribution in [3.05, 3.63) is 60.0 Å². The van der Waals surface area contributed by atoms with Crippen LogP contribution in [0.15, 0.2) is 58.2 Å². The number of aromatic nitrogens is 2. The molecule has 0 atom stereocenters. The normalized spacial score (nSPS) is 10.5. The SMILES string of the molecule is CC(=O)c1c(C)nc(-c2ccco2)nc1SCC(=O)Nc1ccccc1. The molecule has 0 bridgehead atoms. The highest BCUT2D eigenvalue weighted by Crippen LogP contribution is 2.27. The number of anilines is 1. The number of thioether (sulfide) groups is 1. The first-order valence-corrected chi connectivity index (χ1v) is 8.94. The molecular formula is C19H17N3O3S. The molecule has 1 amide bonds. The van der Waals surface area contributed by atoms with E-state index in [0.29, 0.717) is 27.9 Å². The second-order valence-electron chi connectivity index (χ2n) is 5.55. The number of nitrogens with zero attached hydrogens (tertiary/aromatic N) is 2. The number of hydrogen-bond donors (Lipinski definition) is 1. The van der Waals surface area contributed by atoms with Gasteiger partial charge in [-0.05, 0) is 38.1 Å². The molecule has 26 heavy (non-hydrogen) atoms. The van der Waals surface area contributed by atoms with Gasteiger partial charge in [0.05, 0.1) is 23.3 Å². The lowest BCUT2D eigenvalue weighted by molar-refractivity contribution is -0.113. The summed E-state index contributed by atoms with van der Waals surface area (Å²) in [5.41, 5.74) is 1.71. The average molecular weight is 367 g/mol. The lowest BCUT2D eigenvalue weighted by atomic mass is 10.2. The number of nitrogens with one attached hydrogen (secondary N) is 1. The van der Waals surface area contributed by atoms with Crippen molar-refractivity contribution in [1.82, 2.24) is 9.97 Å². The highest BCUT2D eigenvalue weighted by molar-refractivity contribution is 8.00. The Morgan fingerprint density at radius 3 is 2.54 bits per heavy atom. The van der Waals surface area contributed by atoms with E-state index in [1.807, 2.05) is 30.3 Å². The van der Waals surface area contributed by atoms with E-state index < -0.39 is 0 Å². The van der Waals surface area contributed by atoms with Crippen LogP contribution in [0, 0.1) is 6.92 Å². The number of amides is 1. The fourth-order valence-corrected chi connectivity index (χ4v) is 3.35. The first-order valence-electron chi connectivity index (χ1n) is 7.95. The zero-order chi connectivity index (χ0) is 18.5. The molecule has 0 spiro atoms. The first-order chi connectivity index (χ1) is 12.5. The van der Waals surface area contributed by atoms with Crippen LogP contribution < -0.4 is 5.32 Å². The Bertz CT molecular complexity index is 925. The van der Waals surface area contributed by atoms with Crippen molar-refractivity contribution in [2.24, 2.45) is 0 Å². The molecule has 0 aliphatic rings. The van der Waals surface area contributed by atoms with Gasteiger partial charge in [0.15, 0.2) is 17.4 Å². The molecule has 0 unspecified atom stereocenters. The number of ketones is 1. The Labute approximate surface area is 155 Å². The lowest BCUT2D eigenvalue weighted by Gasteiger charge is -2.10. The Balaban J connectivity index is 1.81. The van der Waals surface area contributed by atoms with Gasteiger partial charge < -0.3 is 9.73 Å². The van der Waals surface area contributed by atoms with Crippen molar-refractivity contribution in [1.29, 1.82) is 0 Å². The zero-order valence-electron chi connectivity index (χ0n) is 14.4. The topological polar surface area (TPSA) is 85.1 Å². The van der Waals surface area contributed by atoms with E-state index >= 15 is 0 Å². The monoisotopic (exact) mass is 367 g/mol. The maximum absolute atomic E-state index is 12.2. The Kier molecular flexibility index (Phi) is 5.48. The predicted octanol–water partition coefficient (Wildman–Crippen LogP) is 3.98. The molecule has 3 aromatic rings. The van der Waals surface area contributed by atoms with Gasteiger partial charge in [0.25, 0.3) is 0 Å². The second-order valence-corrected chi connectivity index (χ2v) is 6.51. The van der Waals surface area contributed by atoms with E-state index in [2.05, 4.69) is 15.3 Å². The molecule has 132 valence electrons. The summed E-state index contributed by atoms with van der Waals surface area (Å²) in [6.45, 7) is 3.21. The van der Waals surface area contributed by atoms with Crippen LogP contribution in [0.5, 0.6) is 0 Å². The standard InChI is InChI=1S/C19H17N3O3S/c1-12-17(13(2)23)19(22-18(20-12)15-9-6-10-25-15)26-11-16(24)21-14-7-4-3-5-8-14/h3-10H,11H2,1-2H3,(H,21,24). The van der Waals surface area contributed by atoms with Gasteiger partial charge in [-0.3, -0.25) is 9.59 Å². The zero-order valence-corrected chi connectivity index (χ0v) is 15.2. The minimum absolute atomic E-state index is 0.128. The molecule has 6 nitrogen and oxygen atoms in total. The lowest BCUT2D eigenvalue weighted by Crippen LogP contribution is -2.15. The van der Waals surface area contributed by atoms with E-state index in [4.69, 9.17) is 4.42 Å². The van der Waals surface area contributed by atoms with Gasteiger partial charge in [0.2, 0.25) is 5.91 Å². The van der Waals surface area contributed by atoms with Crippen molar-refractivity contribution >= 4 is 29.1 Å². The smallest absolute Gasteiger partial charge is 0.234 e. The molecule has 0 aliphatic carbocycles. The number of carbonyl (C=O) groups excluding carboxylic acids is 2. The average Bonchev–Trinajstić information content (AvgIpc) is 3.14. The van der Waals surface area contributed by atoms with Crippen molar-refractivity contribution < 1.29 is 14.0 Å². The van der Waals surface area contributed by atoms with E-state index in [-0.39, 0.29) is 17.4 Å². The number of rotatable bonds is 6. The molecule has 0 saturated heterocycles. The van der Waals surface area contributed by atoms with Gasteiger partial charge in [-0.1, -0.05) is 30.0 Å². The van der Waals surface area contributed by atoms with Crippen LogP contribution in [0.1, 0.15) is 23.0 Å². The van der Waals surface area contributed by atoms with Crippen LogP contribution in [-0.4, -0.2) is 27.4 Å². The molecule has 7 heteroatoms. The molecule has 1 N–H and O–H groups in total. The van der Waals surface area contributed by atoms with Crippen molar-refractivity contribution in [2.75, 3.05) is 11.1 Å². The fourth-order valence-electron chi connectivity index (χ4n) is 2.42. The van der Waals surface area contributed by atoms with E-state index in [1.54, 1.807) is 19.1 Å². The van der Waals surface area contributed by atoms with Crippen LogP contribution in [-0.2, 0) is 4.79 Å². The summed E-state index contributed by atoms with van der Waals surface area (Å²) in [5, 5.41) is 3.28. The summed E-state index contributed by atoms with van der Waals surface area (Å²) in [7, 11) is 0. The van der Waals surface area contributed by atoms with Crippen molar-refractivity contribution in [2.45, 2.75) is 18.9 Å². The third-order valence-electron chi connectivity index (χ3n) is 3.55. The quantitative estimate of drug-likeness (QED) is 0.403. The number of Topliss-reactive ketones (excluding diaryl/α,β-unsaturated/α-hetero) is 1. The minimum Gasteiger partial charge on any atom is -0.461 e. The van der Waals surface area contributed by atoms with Gasteiger partial charge in [-0.2, -0.15) is 0 Å². The molecule has 2 heterocycles. The number of carbonyl (C=O) groups is 2. The maximum Gasteiger partial charge on any atom is 0.234 e. The number of benzene rings is 1. The Morgan fingerprint density at radius 1 is 1.12 bits per heavy atom.